The van der Waals surface area contributed by atoms with Crippen LogP contribution in [0, 0.1) is 0 Å². The van der Waals surface area contributed by atoms with Gasteiger partial charge in [0.2, 0.25) is 0 Å². The summed E-state index contributed by atoms with van der Waals surface area (Å²) in [5.74, 6) is 0.392. The number of hydrogen-bond acceptors (Lipinski definition) is 3. The number of methoxy groups -OCH3 is 1. The van der Waals surface area contributed by atoms with Gasteiger partial charge in [0.15, 0.2) is 0 Å². The Balaban J connectivity index is 2.04. The highest BCUT2D eigenvalue weighted by atomic mass is 16.5. The van der Waals surface area contributed by atoms with E-state index in [2.05, 4.69) is 30.3 Å². The molecule has 0 radical (unpaired) electrons. The molecule has 0 saturated carbocycles. The third-order valence-electron chi connectivity index (χ3n) is 4.91. The van der Waals surface area contributed by atoms with E-state index >= 15 is 0 Å². The average molecular weight is 359 g/mol. The summed E-state index contributed by atoms with van der Waals surface area (Å²) in [7, 11) is 3.60. The molecule has 136 valence electrons. The Morgan fingerprint density at radius 1 is 1.00 bits per heavy atom. The van der Waals surface area contributed by atoms with Gasteiger partial charge in [0, 0.05) is 18.0 Å². The summed E-state index contributed by atoms with van der Waals surface area (Å²) in [6.45, 7) is 2.15. The second-order valence-electron chi connectivity index (χ2n) is 6.45. The van der Waals surface area contributed by atoms with Crippen LogP contribution in [0.5, 0.6) is 5.75 Å². The monoisotopic (exact) mass is 359 g/mol. The van der Waals surface area contributed by atoms with Crippen LogP contribution in [0.1, 0.15) is 17.3 Å². The zero-order valence-corrected chi connectivity index (χ0v) is 15.7. The van der Waals surface area contributed by atoms with E-state index in [9.17, 15) is 4.79 Å². The fourth-order valence-electron chi connectivity index (χ4n) is 3.64. The van der Waals surface area contributed by atoms with E-state index in [-0.39, 0.29) is 5.97 Å². The van der Waals surface area contributed by atoms with Crippen molar-refractivity contribution < 1.29 is 14.3 Å². The molecule has 0 N–H and O–H groups in total. The summed E-state index contributed by atoms with van der Waals surface area (Å²) in [5, 5.41) is 3.13. The van der Waals surface area contributed by atoms with Crippen LogP contribution in [0.4, 0.5) is 0 Å². The number of hydrogen-bond donors (Lipinski definition) is 0. The molecule has 4 heteroatoms. The number of carbonyl (C=O) groups excluding carboxylic acids is 1. The lowest BCUT2D eigenvalue weighted by Gasteiger charge is -2.09. The Hall–Kier alpha value is -3.27. The third kappa shape index (κ3) is 2.83. The number of aromatic nitrogens is 1. The maximum atomic E-state index is 12.9. The van der Waals surface area contributed by atoms with Crippen LogP contribution >= 0.6 is 0 Å². The number of carbonyl (C=O) groups is 1. The summed E-state index contributed by atoms with van der Waals surface area (Å²) in [6, 6.07) is 20.2. The van der Waals surface area contributed by atoms with Crippen LogP contribution in [0.15, 0.2) is 60.7 Å². The fraction of sp³-hybridized carbons (Fsp3) is 0.174. The summed E-state index contributed by atoms with van der Waals surface area (Å²) in [5.41, 5.74) is 3.36. The van der Waals surface area contributed by atoms with Crippen molar-refractivity contribution in [2.75, 3.05) is 13.7 Å². The predicted molar refractivity (Wildman–Crippen MR) is 108 cm³/mol. The topological polar surface area (TPSA) is 40.5 Å². The van der Waals surface area contributed by atoms with Crippen LogP contribution in [-0.4, -0.2) is 24.3 Å². The van der Waals surface area contributed by atoms with E-state index in [0.29, 0.717) is 17.9 Å². The second kappa shape index (κ2) is 6.80. The van der Waals surface area contributed by atoms with Crippen molar-refractivity contribution in [3.8, 4) is 17.0 Å². The summed E-state index contributed by atoms with van der Waals surface area (Å²) < 4.78 is 12.8. The zero-order valence-electron chi connectivity index (χ0n) is 15.7. The van der Waals surface area contributed by atoms with Gasteiger partial charge in [-0.3, -0.25) is 0 Å². The third-order valence-corrected chi connectivity index (χ3v) is 4.91. The molecule has 1 heterocycles. The lowest BCUT2D eigenvalue weighted by Crippen LogP contribution is -2.06. The van der Waals surface area contributed by atoms with Crippen molar-refractivity contribution in [3.63, 3.8) is 0 Å². The normalized spacial score (nSPS) is 11.1. The molecule has 0 saturated heterocycles. The maximum absolute atomic E-state index is 12.9. The van der Waals surface area contributed by atoms with Crippen molar-refractivity contribution in [3.05, 3.63) is 66.2 Å². The molecule has 0 amide bonds. The number of esters is 1. The van der Waals surface area contributed by atoms with E-state index in [1.165, 1.54) is 5.39 Å². The first-order chi connectivity index (χ1) is 13.1. The molecular formula is C23H21NO3. The first-order valence-electron chi connectivity index (χ1n) is 8.96. The molecule has 0 bridgehead atoms. The van der Waals surface area contributed by atoms with Gasteiger partial charge in [0.25, 0.3) is 0 Å². The first-order valence-corrected chi connectivity index (χ1v) is 8.96. The smallest absolute Gasteiger partial charge is 0.340 e. The molecule has 0 aliphatic heterocycles. The standard InChI is InChI=1S/C23H21NO3/c1-4-27-23(25)21-19-14-18(26-3)11-12-20(19)24(2)22(21)17-10-9-15-7-5-6-8-16(15)13-17/h5-14H,4H2,1-3H3. The average Bonchev–Trinajstić information content (AvgIpc) is 2.99. The highest BCUT2D eigenvalue weighted by molar-refractivity contribution is 6.11. The van der Waals surface area contributed by atoms with Gasteiger partial charge in [-0.05, 0) is 47.5 Å². The quantitative estimate of drug-likeness (QED) is 0.471. The molecule has 4 nitrogen and oxygen atoms in total. The van der Waals surface area contributed by atoms with Crippen molar-refractivity contribution >= 4 is 27.6 Å². The molecule has 27 heavy (non-hydrogen) atoms. The van der Waals surface area contributed by atoms with Gasteiger partial charge in [-0.1, -0.05) is 36.4 Å². The van der Waals surface area contributed by atoms with Crippen LogP contribution in [-0.2, 0) is 11.8 Å². The van der Waals surface area contributed by atoms with E-state index in [0.717, 1.165) is 27.5 Å². The molecular weight excluding hydrogens is 338 g/mol. The number of fused-ring (bicyclic) bond motifs is 2. The Kier molecular flexibility index (Phi) is 4.32. The van der Waals surface area contributed by atoms with Crippen molar-refractivity contribution in [2.45, 2.75) is 6.92 Å². The summed E-state index contributed by atoms with van der Waals surface area (Å²) in [4.78, 5) is 12.9. The van der Waals surface area contributed by atoms with Crippen LogP contribution in [0.2, 0.25) is 0 Å². The van der Waals surface area contributed by atoms with Crippen molar-refractivity contribution in [2.24, 2.45) is 7.05 Å². The second-order valence-corrected chi connectivity index (χ2v) is 6.45. The first kappa shape index (κ1) is 17.2. The molecule has 0 fully saturated rings. The van der Waals surface area contributed by atoms with Gasteiger partial charge in [0.1, 0.15) is 5.75 Å². The Morgan fingerprint density at radius 3 is 2.52 bits per heavy atom. The largest absolute Gasteiger partial charge is 0.497 e. The van der Waals surface area contributed by atoms with E-state index < -0.39 is 0 Å². The number of ether oxygens (including phenoxy) is 2. The van der Waals surface area contributed by atoms with Crippen LogP contribution < -0.4 is 4.74 Å². The molecule has 0 aliphatic carbocycles. The fourth-order valence-corrected chi connectivity index (χ4v) is 3.64. The van der Waals surface area contributed by atoms with E-state index in [1.54, 1.807) is 7.11 Å². The molecule has 4 aromatic rings. The van der Waals surface area contributed by atoms with Gasteiger partial charge < -0.3 is 14.0 Å². The zero-order chi connectivity index (χ0) is 19.0. The van der Waals surface area contributed by atoms with Crippen LogP contribution in [0.25, 0.3) is 32.9 Å². The number of benzene rings is 3. The molecule has 0 atom stereocenters. The minimum atomic E-state index is -0.320. The van der Waals surface area contributed by atoms with Crippen molar-refractivity contribution in [1.29, 1.82) is 0 Å². The predicted octanol–water partition coefficient (Wildman–Crippen LogP) is 5.18. The number of rotatable bonds is 4. The lowest BCUT2D eigenvalue weighted by molar-refractivity contribution is 0.0529. The van der Waals surface area contributed by atoms with E-state index in [4.69, 9.17) is 9.47 Å². The number of aryl methyl sites for hydroxylation is 1. The minimum Gasteiger partial charge on any atom is -0.497 e. The molecule has 4 rings (SSSR count). The summed E-state index contributed by atoms with van der Waals surface area (Å²) in [6.07, 6.45) is 0. The molecule has 3 aromatic carbocycles. The van der Waals surface area contributed by atoms with Gasteiger partial charge in [-0.15, -0.1) is 0 Å². The molecule has 0 aliphatic rings. The Labute approximate surface area is 157 Å². The highest BCUT2D eigenvalue weighted by Gasteiger charge is 2.24. The molecule has 0 unspecified atom stereocenters. The minimum absolute atomic E-state index is 0.320. The highest BCUT2D eigenvalue weighted by Crippen LogP contribution is 2.36. The Bertz CT molecular complexity index is 1160. The lowest BCUT2D eigenvalue weighted by atomic mass is 10.0. The van der Waals surface area contributed by atoms with E-state index in [1.807, 2.05) is 48.9 Å². The van der Waals surface area contributed by atoms with Gasteiger partial charge in [-0.25, -0.2) is 4.79 Å². The van der Waals surface area contributed by atoms with Gasteiger partial charge in [0.05, 0.1) is 25.0 Å². The molecule has 1 aromatic heterocycles. The van der Waals surface area contributed by atoms with Gasteiger partial charge >= 0.3 is 5.97 Å². The van der Waals surface area contributed by atoms with Crippen molar-refractivity contribution in [1.82, 2.24) is 4.57 Å². The SMILES string of the molecule is CCOC(=O)c1c(-c2ccc3ccccc3c2)n(C)c2ccc(OC)cc12. The maximum Gasteiger partial charge on any atom is 0.340 e. The Morgan fingerprint density at radius 2 is 1.78 bits per heavy atom. The van der Waals surface area contributed by atoms with Crippen LogP contribution in [0.3, 0.4) is 0 Å². The molecule has 0 spiro atoms. The summed E-state index contributed by atoms with van der Waals surface area (Å²) >= 11 is 0. The van der Waals surface area contributed by atoms with Gasteiger partial charge in [-0.2, -0.15) is 0 Å². The number of nitrogens with zero attached hydrogens (tertiary/aromatic N) is 1.